The molecule has 2 aromatic heterocycles. The van der Waals surface area contributed by atoms with Crippen molar-refractivity contribution >= 4 is 16.9 Å². The molecule has 4 nitrogen and oxygen atoms in total. The summed E-state index contributed by atoms with van der Waals surface area (Å²) < 4.78 is 0. The molecule has 1 aliphatic heterocycles. The second-order valence-electron chi connectivity index (χ2n) is 5.60. The molecular formula is C17H18N4. The van der Waals surface area contributed by atoms with Gasteiger partial charge in [0.25, 0.3) is 0 Å². The third-order valence-electron chi connectivity index (χ3n) is 4.39. The summed E-state index contributed by atoms with van der Waals surface area (Å²) in [4.78, 5) is 14.4. The molecule has 1 aromatic carbocycles. The third kappa shape index (κ3) is 2.27. The van der Waals surface area contributed by atoms with E-state index in [-0.39, 0.29) is 0 Å². The molecule has 106 valence electrons. The Hall–Kier alpha value is -2.36. The average Bonchev–Trinajstić information content (AvgIpc) is 3.00. The van der Waals surface area contributed by atoms with Crippen LogP contribution in [0, 0.1) is 0 Å². The van der Waals surface area contributed by atoms with Crippen LogP contribution in [0.15, 0.2) is 48.9 Å². The lowest BCUT2D eigenvalue weighted by Gasteiger charge is -2.31. The number of nitrogens with zero attached hydrogens (tertiary/aromatic N) is 3. The van der Waals surface area contributed by atoms with Crippen molar-refractivity contribution in [2.75, 3.05) is 18.0 Å². The molecule has 3 heterocycles. The van der Waals surface area contributed by atoms with Crippen LogP contribution in [-0.4, -0.2) is 28.0 Å². The van der Waals surface area contributed by atoms with Crippen LogP contribution in [0.2, 0.25) is 0 Å². The lowest BCUT2D eigenvalue weighted by atomic mass is 9.89. The standard InChI is InChI=1S/C17H18N4/c1-2-5-16-14(4-1)15(12-20-16)13-6-10-21(11-7-13)17-18-8-3-9-19-17/h1-5,8-9,12-13,20H,6-7,10-11H2. The maximum absolute atomic E-state index is 4.35. The fourth-order valence-corrected chi connectivity index (χ4v) is 3.28. The van der Waals surface area contributed by atoms with Gasteiger partial charge in [0.15, 0.2) is 0 Å². The predicted octanol–water partition coefficient (Wildman–Crippen LogP) is 3.34. The number of hydrogen-bond acceptors (Lipinski definition) is 3. The lowest BCUT2D eigenvalue weighted by Crippen LogP contribution is -2.34. The van der Waals surface area contributed by atoms with Crippen molar-refractivity contribution in [3.8, 4) is 0 Å². The minimum atomic E-state index is 0.626. The Morgan fingerprint density at radius 3 is 2.57 bits per heavy atom. The zero-order valence-electron chi connectivity index (χ0n) is 11.9. The van der Waals surface area contributed by atoms with Crippen molar-refractivity contribution in [2.24, 2.45) is 0 Å². The van der Waals surface area contributed by atoms with Crippen LogP contribution in [0.3, 0.4) is 0 Å². The summed E-state index contributed by atoms with van der Waals surface area (Å²) in [6.07, 6.45) is 8.12. The largest absolute Gasteiger partial charge is 0.361 e. The minimum absolute atomic E-state index is 0.626. The molecule has 4 heteroatoms. The maximum atomic E-state index is 4.35. The smallest absolute Gasteiger partial charge is 0.225 e. The quantitative estimate of drug-likeness (QED) is 0.782. The zero-order chi connectivity index (χ0) is 14.1. The first kappa shape index (κ1) is 12.4. The molecule has 4 rings (SSSR count). The number of aromatic nitrogens is 3. The van der Waals surface area contributed by atoms with Crippen molar-refractivity contribution in [3.05, 3.63) is 54.5 Å². The molecule has 0 bridgehead atoms. The molecule has 0 radical (unpaired) electrons. The Morgan fingerprint density at radius 2 is 1.76 bits per heavy atom. The lowest BCUT2D eigenvalue weighted by molar-refractivity contribution is 0.501. The van der Waals surface area contributed by atoms with Crippen LogP contribution in [-0.2, 0) is 0 Å². The number of hydrogen-bond donors (Lipinski definition) is 1. The summed E-state index contributed by atoms with van der Waals surface area (Å²) in [6, 6.07) is 10.4. The molecule has 1 fully saturated rings. The molecule has 1 aliphatic rings. The Balaban J connectivity index is 1.53. The van der Waals surface area contributed by atoms with E-state index in [2.05, 4.69) is 50.3 Å². The van der Waals surface area contributed by atoms with E-state index in [4.69, 9.17) is 0 Å². The van der Waals surface area contributed by atoms with Crippen LogP contribution < -0.4 is 4.90 Å². The number of para-hydroxylation sites is 1. The minimum Gasteiger partial charge on any atom is -0.361 e. The van der Waals surface area contributed by atoms with Crippen LogP contribution >= 0.6 is 0 Å². The SMILES string of the molecule is c1cnc(N2CCC(c3c[nH]c4ccccc34)CC2)nc1. The maximum Gasteiger partial charge on any atom is 0.225 e. The first-order chi connectivity index (χ1) is 10.4. The van der Waals surface area contributed by atoms with Crippen molar-refractivity contribution in [1.82, 2.24) is 15.0 Å². The first-order valence-electron chi connectivity index (χ1n) is 7.50. The number of piperidine rings is 1. The number of rotatable bonds is 2. The van der Waals surface area contributed by atoms with E-state index in [1.165, 1.54) is 16.5 Å². The van der Waals surface area contributed by atoms with Crippen LogP contribution in [0.1, 0.15) is 24.3 Å². The predicted molar refractivity (Wildman–Crippen MR) is 84.5 cm³/mol. The number of fused-ring (bicyclic) bond motifs is 1. The van der Waals surface area contributed by atoms with Gasteiger partial charge in [-0.2, -0.15) is 0 Å². The summed E-state index contributed by atoms with van der Waals surface area (Å²) >= 11 is 0. The van der Waals surface area contributed by atoms with E-state index in [9.17, 15) is 0 Å². The van der Waals surface area contributed by atoms with Gasteiger partial charge >= 0.3 is 0 Å². The normalized spacial score (nSPS) is 16.5. The highest BCUT2D eigenvalue weighted by molar-refractivity contribution is 5.83. The second-order valence-corrected chi connectivity index (χ2v) is 5.60. The van der Waals surface area contributed by atoms with Crippen molar-refractivity contribution < 1.29 is 0 Å². The zero-order valence-corrected chi connectivity index (χ0v) is 11.9. The van der Waals surface area contributed by atoms with Gasteiger partial charge in [-0.1, -0.05) is 18.2 Å². The summed E-state index contributed by atoms with van der Waals surface area (Å²) in [5.41, 5.74) is 2.69. The summed E-state index contributed by atoms with van der Waals surface area (Å²) in [5, 5.41) is 1.37. The van der Waals surface area contributed by atoms with E-state index in [0.29, 0.717) is 5.92 Å². The molecule has 3 aromatic rings. The van der Waals surface area contributed by atoms with Gasteiger partial charge in [0.1, 0.15) is 0 Å². The van der Waals surface area contributed by atoms with Gasteiger partial charge in [-0.05, 0) is 36.5 Å². The number of H-pyrrole nitrogens is 1. The molecule has 0 spiro atoms. The highest BCUT2D eigenvalue weighted by Crippen LogP contribution is 2.33. The molecule has 1 saturated heterocycles. The molecule has 1 N–H and O–H groups in total. The second kappa shape index (κ2) is 5.20. The van der Waals surface area contributed by atoms with Gasteiger partial charge < -0.3 is 9.88 Å². The van der Waals surface area contributed by atoms with Crippen LogP contribution in [0.4, 0.5) is 5.95 Å². The molecule has 0 atom stereocenters. The van der Waals surface area contributed by atoms with E-state index in [0.717, 1.165) is 31.9 Å². The summed E-state index contributed by atoms with van der Waals surface area (Å²) in [6.45, 7) is 2.04. The van der Waals surface area contributed by atoms with E-state index < -0.39 is 0 Å². The summed E-state index contributed by atoms with van der Waals surface area (Å²) in [5.74, 6) is 1.48. The van der Waals surface area contributed by atoms with Gasteiger partial charge in [-0.15, -0.1) is 0 Å². The summed E-state index contributed by atoms with van der Waals surface area (Å²) in [7, 11) is 0. The fourth-order valence-electron chi connectivity index (χ4n) is 3.28. The van der Waals surface area contributed by atoms with Gasteiger partial charge in [-0.3, -0.25) is 0 Å². The van der Waals surface area contributed by atoms with E-state index in [1.54, 1.807) is 0 Å². The van der Waals surface area contributed by atoms with E-state index >= 15 is 0 Å². The first-order valence-corrected chi connectivity index (χ1v) is 7.50. The Morgan fingerprint density at radius 1 is 1.00 bits per heavy atom. The van der Waals surface area contributed by atoms with Crippen molar-refractivity contribution in [3.63, 3.8) is 0 Å². The topological polar surface area (TPSA) is 44.8 Å². The van der Waals surface area contributed by atoms with Crippen molar-refractivity contribution in [2.45, 2.75) is 18.8 Å². The Bertz CT molecular complexity index is 727. The number of aromatic amines is 1. The van der Waals surface area contributed by atoms with Crippen molar-refractivity contribution in [1.29, 1.82) is 0 Å². The Kier molecular flexibility index (Phi) is 3.07. The average molecular weight is 278 g/mol. The monoisotopic (exact) mass is 278 g/mol. The molecule has 0 amide bonds. The van der Waals surface area contributed by atoms with Gasteiger partial charge in [0.05, 0.1) is 0 Å². The Labute approximate surface area is 123 Å². The van der Waals surface area contributed by atoms with Gasteiger partial charge in [-0.25, -0.2) is 9.97 Å². The number of benzene rings is 1. The van der Waals surface area contributed by atoms with Gasteiger partial charge in [0, 0.05) is 42.6 Å². The highest BCUT2D eigenvalue weighted by atomic mass is 15.2. The van der Waals surface area contributed by atoms with Crippen LogP contribution in [0.25, 0.3) is 10.9 Å². The van der Waals surface area contributed by atoms with Crippen LogP contribution in [0.5, 0.6) is 0 Å². The number of anilines is 1. The highest BCUT2D eigenvalue weighted by Gasteiger charge is 2.23. The molecular weight excluding hydrogens is 260 g/mol. The fraction of sp³-hybridized carbons (Fsp3) is 0.294. The number of nitrogens with one attached hydrogen (secondary N) is 1. The molecule has 21 heavy (non-hydrogen) atoms. The van der Waals surface area contributed by atoms with Gasteiger partial charge in [0.2, 0.25) is 5.95 Å². The molecule has 0 aliphatic carbocycles. The third-order valence-corrected chi connectivity index (χ3v) is 4.39. The van der Waals surface area contributed by atoms with E-state index in [1.807, 2.05) is 18.5 Å². The molecule has 0 unspecified atom stereocenters. The molecule has 0 saturated carbocycles.